The minimum Gasteiger partial charge on any atom is -0.462 e. The van der Waals surface area contributed by atoms with Crippen LogP contribution in [0, 0.1) is 0 Å². The lowest BCUT2D eigenvalue weighted by molar-refractivity contribution is -0.167. The topological polar surface area (TPSA) is 78.9 Å². The Bertz CT molecular complexity index is 1810. The third kappa shape index (κ3) is 65.7. The van der Waals surface area contributed by atoms with Crippen LogP contribution in [0.1, 0.15) is 278 Å². The van der Waals surface area contributed by atoms with Gasteiger partial charge < -0.3 is 14.2 Å². The zero-order valence-electron chi connectivity index (χ0n) is 52.2. The Labute approximate surface area is 499 Å². The second kappa shape index (κ2) is 67.5. The maximum atomic E-state index is 12.9. The summed E-state index contributed by atoms with van der Waals surface area (Å²) in [5.74, 6) is -0.969. The third-order valence-electron chi connectivity index (χ3n) is 13.5. The molecule has 0 aromatic carbocycles. The van der Waals surface area contributed by atoms with Gasteiger partial charge in [0.05, 0.1) is 0 Å². The summed E-state index contributed by atoms with van der Waals surface area (Å²) >= 11 is 0. The summed E-state index contributed by atoms with van der Waals surface area (Å²) in [5.41, 5.74) is 0. The molecule has 0 rings (SSSR count). The number of hydrogen-bond acceptors (Lipinski definition) is 6. The minimum atomic E-state index is -0.815. The van der Waals surface area contributed by atoms with Gasteiger partial charge >= 0.3 is 17.9 Å². The summed E-state index contributed by atoms with van der Waals surface area (Å²) in [4.78, 5) is 38.4. The fraction of sp³-hybridized carbons (Fsp3) is 0.613. The number of carbonyl (C=O) groups is 3. The highest BCUT2D eigenvalue weighted by molar-refractivity contribution is 5.71. The average molecular weight is 1120 g/mol. The quantitative estimate of drug-likeness (QED) is 0.0261. The first-order valence-electron chi connectivity index (χ1n) is 33.0. The van der Waals surface area contributed by atoms with E-state index in [1.54, 1.807) is 0 Å². The van der Waals surface area contributed by atoms with Crippen molar-refractivity contribution in [2.24, 2.45) is 0 Å². The fourth-order valence-electron chi connectivity index (χ4n) is 8.62. The van der Waals surface area contributed by atoms with Gasteiger partial charge in [0.1, 0.15) is 13.2 Å². The van der Waals surface area contributed by atoms with Crippen LogP contribution >= 0.6 is 0 Å². The first-order chi connectivity index (χ1) is 40.0. The molecule has 0 fully saturated rings. The Balaban J connectivity index is 4.51. The van der Waals surface area contributed by atoms with Crippen LogP contribution in [0.15, 0.2) is 158 Å². The number of carbonyl (C=O) groups excluding carboxylic acids is 3. The van der Waals surface area contributed by atoms with Crippen molar-refractivity contribution in [2.75, 3.05) is 13.2 Å². The minimum absolute atomic E-state index is 0.110. The van der Waals surface area contributed by atoms with Gasteiger partial charge in [-0.2, -0.15) is 0 Å². The Morgan fingerprint density at radius 1 is 0.259 bits per heavy atom. The van der Waals surface area contributed by atoms with Crippen molar-refractivity contribution in [2.45, 2.75) is 284 Å². The molecule has 0 aliphatic heterocycles. The van der Waals surface area contributed by atoms with E-state index in [0.29, 0.717) is 19.3 Å². The molecule has 0 heterocycles. The van der Waals surface area contributed by atoms with Crippen LogP contribution in [-0.4, -0.2) is 37.2 Å². The summed E-state index contributed by atoms with van der Waals surface area (Å²) in [6, 6.07) is 0. The predicted octanol–water partition coefficient (Wildman–Crippen LogP) is 22.9. The van der Waals surface area contributed by atoms with Crippen LogP contribution in [0.25, 0.3) is 0 Å². The largest absolute Gasteiger partial charge is 0.462 e. The van der Waals surface area contributed by atoms with Crippen LogP contribution < -0.4 is 0 Å². The monoisotopic (exact) mass is 1120 g/mol. The summed E-state index contributed by atoms with van der Waals surface area (Å²) in [7, 11) is 0. The van der Waals surface area contributed by atoms with Crippen LogP contribution in [0.3, 0.4) is 0 Å². The molecular weight excluding hydrogens is 997 g/mol. The summed E-state index contributed by atoms with van der Waals surface area (Å²) < 4.78 is 16.9. The van der Waals surface area contributed by atoms with Crippen LogP contribution in [0.4, 0.5) is 0 Å². The molecule has 0 saturated carbocycles. The molecule has 0 aliphatic carbocycles. The first kappa shape index (κ1) is 76.0. The zero-order chi connectivity index (χ0) is 58.5. The molecule has 6 heteroatoms. The highest BCUT2D eigenvalue weighted by Crippen LogP contribution is 2.14. The van der Waals surface area contributed by atoms with E-state index in [2.05, 4.69) is 179 Å². The molecule has 0 aliphatic rings. The Morgan fingerprint density at radius 3 is 0.765 bits per heavy atom. The molecular formula is C75H120O6. The van der Waals surface area contributed by atoms with Crippen LogP contribution in [0.2, 0.25) is 0 Å². The van der Waals surface area contributed by atoms with Gasteiger partial charge in [-0.25, -0.2) is 0 Å². The fourth-order valence-corrected chi connectivity index (χ4v) is 8.62. The van der Waals surface area contributed by atoms with Gasteiger partial charge in [-0.3, -0.25) is 14.4 Å². The van der Waals surface area contributed by atoms with Crippen molar-refractivity contribution in [3.63, 3.8) is 0 Å². The van der Waals surface area contributed by atoms with Gasteiger partial charge in [0, 0.05) is 19.3 Å². The highest BCUT2D eigenvalue weighted by Gasteiger charge is 2.19. The molecule has 0 saturated heterocycles. The molecule has 81 heavy (non-hydrogen) atoms. The Hall–Kier alpha value is -4.97. The summed E-state index contributed by atoms with van der Waals surface area (Å²) in [6.45, 7) is 6.36. The lowest BCUT2D eigenvalue weighted by Gasteiger charge is -2.18. The van der Waals surface area contributed by atoms with E-state index in [4.69, 9.17) is 14.2 Å². The molecule has 0 radical (unpaired) electrons. The van der Waals surface area contributed by atoms with E-state index >= 15 is 0 Å². The van der Waals surface area contributed by atoms with E-state index in [1.807, 2.05) is 0 Å². The van der Waals surface area contributed by atoms with Gasteiger partial charge in [0.2, 0.25) is 0 Å². The lowest BCUT2D eigenvalue weighted by Crippen LogP contribution is -2.30. The summed E-state index contributed by atoms with van der Waals surface area (Å²) in [5, 5.41) is 0. The molecule has 0 spiro atoms. The van der Waals surface area contributed by atoms with E-state index in [-0.39, 0.29) is 31.1 Å². The van der Waals surface area contributed by atoms with E-state index < -0.39 is 6.10 Å². The SMILES string of the molecule is CC/C=C\C/C=C\C/C=C\C/C=C\C/C=C\C/C=C\C/C=C\CCCCCC(=O)OCC(COC(=O)CCCCCC/C=C\C/C=C\C/C=C\C/C=C\CC)OC(=O)CCCCCCCCCCC/C=C\C/C=C\CCCCCCC. The first-order valence-corrected chi connectivity index (χ1v) is 33.0. The highest BCUT2D eigenvalue weighted by atomic mass is 16.6. The summed E-state index contributed by atoms with van der Waals surface area (Å²) in [6.07, 6.45) is 98.1. The van der Waals surface area contributed by atoms with Crippen molar-refractivity contribution in [1.82, 2.24) is 0 Å². The van der Waals surface area contributed by atoms with Crippen molar-refractivity contribution >= 4 is 17.9 Å². The maximum absolute atomic E-state index is 12.9. The van der Waals surface area contributed by atoms with Gasteiger partial charge in [0.15, 0.2) is 6.10 Å². The molecule has 456 valence electrons. The molecule has 0 amide bonds. The number of allylic oxidation sites excluding steroid dienone is 26. The van der Waals surface area contributed by atoms with Crippen molar-refractivity contribution in [1.29, 1.82) is 0 Å². The second-order valence-corrected chi connectivity index (χ2v) is 21.3. The third-order valence-corrected chi connectivity index (χ3v) is 13.5. The van der Waals surface area contributed by atoms with E-state index in [1.165, 1.54) is 83.5 Å². The number of hydrogen-bond donors (Lipinski definition) is 0. The molecule has 0 aromatic heterocycles. The van der Waals surface area contributed by atoms with E-state index in [9.17, 15) is 14.4 Å². The van der Waals surface area contributed by atoms with Gasteiger partial charge in [-0.15, -0.1) is 0 Å². The molecule has 0 N–H and O–H groups in total. The normalized spacial score (nSPS) is 13.2. The van der Waals surface area contributed by atoms with Gasteiger partial charge in [0.25, 0.3) is 0 Å². The maximum Gasteiger partial charge on any atom is 0.306 e. The zero-order valence-corrected chi connectivity index (χ0v) is 52.2. The number of unbranched alkanes of at least 4 members (excludes halogenated alkanes) is 21. The van der Waals surface area contributed by atoms with Gasteiger partial charge in [-0.1, -0.05) is 269 Å². The number of esters is 3. The number of ether oxygens (including phenoxy) is 3. The molecule has 0 bridgehead atoms. The standard InChI is InChI=1S/C75H120O6/c1-4-7-10-13-16-19-22-25-28-31-33-35-36-37-38-40-41-44-47-50-53-56-59-62-65-68-74(77)80-71-72(70-79-73(76)67-64-61-58-55-52-49-46-43-30-27-24-21-18-15-12-9-6-3)81-75(78)69-66-63-60-57-54-51-48-45-42-39-34-32-29-26-23-20-17-14-11-8-5-2/h7,9-10,12,16,18-19,21,23,25-28,30,32-35,37-38,41,44,46,49-50,53,72H,4-6,8,11,13-15,17,20,22,24,29,31,36,39-40,42-43,45,47-48,51-52,54-71H2,1-3H3/b10-7-,12-9-,19-16-,21-18-,26-23-,28-25-,30-27-,34-32-,35-33-,38-37-,44-41-,49-46-,53-50-. The lowest BCUT2D eigenvalue weighted by atomic mass is 10.1. The average Bonchev–Trinajstić information content (AvgIpc) is 3.47. The molecule has 1 atom stereocenters. The number of rotatable bonds is 58. The molecule has 1 unspecified atom stereocenters. The smallest absolute Gasteiger partial charge is 0.306 e. The van der Waals surface area contributed by atoms with Crippen molar-refractivity contribution in [3.05, 3.63) is 158 Å². The van der Waals surface area contributed by atoms with Gasteiger partial charge in [-0.05, 0) is 148 Å². The molecule has 6 nitrogen and oxygen atoms in total. The van der Waals surface area contributed by atoms with Crippen molar-refractivity contribution in [3.8, 4) is 0 Å². The van der Waals surface area contributed by atoms with E-state index in [0.717, 1.165) is 154 Å². The van der Waals surface area contributed by atoms with Crippen LogP contribution in [-0.2, 0) is 28.6 Å². The molecule has 0 aromatic rings. The van der Waals surface area contributed by atoms with Crippen molar-refractivity contribution < 1.29 is 28.6 Å². The van der Waals surface area contributed by atoms with Crippen LogP contribution in [0.5, 0.6) is 0 Å². The Kier molecular flexibility index (Phi) is 63.4. The predicted molar refractivity (Wildman–Crippen MR) is 352 cm³/mol. The second-order valence-electron chi connectivity index (χ2n) is 21.3. The Morgan fingerprint density at radius 2 is 0.481 bits per heavy atom.